The number of likely N-dealkylation sites (tertiary alicyclic amines) is 1. The molecule has 1 heteroatoms. The van der Waals surface area contributed by atoms with Crippen molar-refractivity contribution >= 4 is 0 Å². The lowest BCUT2D eigenvalue weighted by Gasteiger charge is -2.20. The van der Waals surface area contributed by atoms with Gasteiger partial charge in [0.2, 0.25) is 0 Å². The quantitative estimate of drug-likeness (QED) is 0.440. The molecule has 0 aliphatic carbocycles. The Kier molecular flexibility index (Phi) is 1.29. The van der Waals surface area contributed by atoms with Gasteiger partial charge in [0.15, 0.2) is 0 Å². The van der Waals surface area contributed by atoms with Crippen molar-refractivity contribution in [3.05, 3.63) is 0 Å². The standard InChI is InChI=1S/C6H13N/c1-7-5-3-2-4-6-7/h2-6H2,1H3/i5D. The fourth-order valence-electron chi connectivity index (χ4n) is 0.909. The highest BCUT2D eigenvalue weighted by atomic mass is 15.1. The van der Waals surface area contributed by atoms with Crippen molar-refractivity contribution in [3.63, 3.8) is 0 Å². The van der Waals surface area contributed by atoms with Gasteiger partial charge in [0.1, 0.15) is 0 Å². The van der Waals surface area contributed by atoms with E-state index < -0.39 is 0 Å². The first-order chi connectivity index (χ1) is 3.80. The van der Waals surface area contributed by atoms with Crippen molar-refractivity contribution in [2.24, 2.45) is 0 Å². The second-order valence-electron chi connectivity index (χ2n) is 2.16. The topological polar surface area (TPSA) is 3.24 Å². The van der Waals surface area contributed by atoms with Crippen LogP contribution in [0.5, 0.6) is 0 Å². The molecule has 0 aromatic carbocycles. The van der Waals surface area contributed by atoms with E-state index in [0.717, 1.165) is 13.0 Å². The zero-order valence-electron chi connectivity index (χ0n) is 5.85. The average molecular weight is 100 g/mol. The van der Waals surface area contributed by atoms with Crippen LogP contribution < -0.4 is 0 Å². The monoisotopic (exact) mass is 100 g/mol. The zero-order valence-corrected chi connectivity index (χ0v) is 4.85. The summed E-state index contributed by atoms with van der Waals surface area (Å²) in [5.74, 6) is 0. The summed E-state index contributed by atoms with van der Waals surface area (Å²) in [6, 6.07) is 0. The molecular weight excluding hydrogens is 86.1 g/mol. The number of piperidine rings is 1. The molecule has 0 aromatic heterocycles. The molecule has 1 rings (SSSR count). The lowest BCUT2D eigenvalue weighted by molar-refractivity contribution is 0.277. The van der Waals surface area contributed by atoms with Crippen molar-refractivity contribution in [1.82, 2.24) is 4.90 Å². The minimum Gasteiger partial charge on any atom is -0.306 e. The van der Waals surface area contributed by atoms with Gasteiger partial charge in [-0.05, 0) is 33.0 Å². The molecule has 0 saturated carbocycles. The molecule has 0 N–H and O–H groups in total. The van der Waals surface area contributed by atoms with Crippen molar-refractivity contribution in [2.45, 2.75) is 19.3 Å². The van der Waals surface area contributed by atoms with Gasteiger partial charge in [0.25, 0.3) is 0 Å². The number of hydrogen-bond donors (Lipinski definition) is 0. The Balaban J connectivity index is 2.28. The van der Waals surface area contributed by atoms with Crippen molar-refractivity contribution < 1.29 is 1.37 Å². The number of hydrogen-bond acceptors (Lipinski definition) is 1. The van der Waals surface area contributed by atoms with Crippen molar-refractivity contribution in [2.75, 3.05) is 20.1 Å². The first-order valence-corrected chi connectivity index (χ1v) is 2.93. The molecule has 7 heavy (non-hydrogen) atoms. The Morgan fingerprint density at radius 3 is 2.71 bits per heavy atom. The van der Waals surface area contributed by atoms with E-state index in [1.807, 2.05) is 7.05 Å². The molecule has 0 spiro atoms. The maximum atomic E-state index is 7.40. The molecule has 0 aromatic rings. The van der Waals surface area contributed by atoms with E-state index in [1.54, 1.807) is 0 Å². The Bertz CT molecular complexity index is 64.9. The van der Waals surface area contributed by atoms with Gasteiger partial charge < -0.3 is 4.90 Å². The molecule has 1 heterocycles. The van der Waals surface area contributed by atoms with E-state index in [1.165, 1.54) is 12.8 Å². The van der Waals surface area contributed by atoms with E-state index >= 15 is 0 Å². The van der Waals surface area contributed by atoms with Gasteiger partial charge in [-0.2, -0.15) is 0 Å². The lowest BCUT2D eigenvalue weighted by atomic mass is 10.1. The van der Waals surface area contributed by atoms with Gasteiger partial charge in [-0.25, -0.2) is 0 Å². The molecule has 1 aliphatic rings. The SMILES string of the molecule is [2H]C1CCCCN1C. The third kappa shape index (κ3) is 1.48. The Labute approximate surface area is 46.7 Å². The molecule has 1 atom stereocenters. The molecule has 1 unspecified atom stereocenters. The van der Waals surface area contributed by atoms with Gasteiger partial charge in [0.05, 0.1) is 0 Å². The number of rotatable bonds is 0. The molecule has 0 amide bonds. The molecule has 0 bridgehead atoms. The van der Waals surface area contributed by atoms with Crippen molar-refractivity contribution in [1.29, 1.82) is 0 Å². The molecule has 1 saturated heterocycles. The highest BCUT2D eigenvalue weighted by molar-refractivity contribution is 4.58. The van der Waals surface area contributed by atoms with Gasteiger partial charge in [-0.1, -0.05) is 6.42 Å². The Morgan fingerprint density at radius 1 is 1.43 bits per heavy atom. The lowest BCUT2D eigenvalue weighted by Crippen LogP contribution is -2.24. The maximum absolute atomic E-state index is 7.40. The molecule has 1 nitrogen and oxygen atoms in total. The van der Waals surface area contributed by atoms with E-state index in [4.69, 9.17) is 1.37 Å². The van der Waals surface area contributed by atoms with Crippen LogP contribution in [0.4, 0.5) is 0 Å². The fourth-order valence-corrected chi connectivity index (χ4v) is 0.909. The van der Waals surface area contributed by atoms with E-state index in [0.29, 0.717) is 0 Å². The normalized spacial score (nSPS) is 37.9. The van der Waals surface area contributed by atoms with Gasteiger partial charge >= 0.3 is 0 Å². The Hall–Kier alpha value is -0.0400. The molecule has 1 aliphatic heterocycles. The van der Waals surface area contributed by atoms with Crippen LogP contribution in [-0.4, -0.2) is 25.0 Å². The van der Waals surface area contributed by atoms with E-state index in [-0.39, 0.29) is 6.52 Å². The fraction of sp³-hybridized carbons (Fsp3) is 1.00. The summed E-state index contributed by atoms with van der Waals surface area (Å²) >= 11 is 0. The van der Waals surface area contributed by atoms with Crippen molar-refractivity contribution in [3.8, 4) is 0 Å². The second kappa shape index (κ2) is 2.31. The highest BCUT2D eigenvalue weighted by Crippen LogP contribution is 2.04. The van der Waals surface area contributed by atoms with Crippen LogP contribution >= 0.6 is 0 Å². The van der Waals surface area contributed by atoms with E-state index in [9.17, 15) is 0 Å². The smallest absolute Gasteiger partial charge is 0.0430 e. The summed E-state index contributed by atoms with van der Waals surface area (Å²) in [5.41, 5.74) is 0. The van der Waals surface area contributed by atoms with E-state index in [2.05, 4.69) is 4.90 Å². The average Bonchev–Trinajstić information content (AvgIpc) is 1.77. The third-order valence-electron chi connectivity index (χ3n) is 1.41. The molecule has 0 radical (unpaired) electrons. The summed E-state index contributed by atoms with van der Waals surface area (Å²) in [6.07, 6.45) is 3.60. The highest BCUT2D eigenvalue weighted by Gasteiger charge is 2.02. The number of nitrogens with zero attached hydrogens (tertiary/aromatic N) is 1. The third-order valence-corrected chi connectivity index (χ3v) is 1.41. The summed E-state index contributed by atoms with van der Waals surface area (Å²) in [4.78, 5) is 2.10. The largest absolute Gasteiger partial charge is 0.306 e. The molecular formula is C6H13N. The van der Waals surface area contributed by atoms with Gasteiger partial charge in [-0.15, -0.1) is 0 Å². The predicted molar refractivity (Wildman–Crippen MR) is 31.3 cm³/mol. The Morgan fingerprint density at radius 2 is 2.29 bits per heavy atom. The first kappa shape index (κ1) is 3.90. The summed E-state index contributed by atoms with van der Waals surface area (Å²) in [7, 11) is 2.02. The predicted octanol–water partition coefficient (Wildman–Crippen LogP) is 1.10. The minimum atomic E-state index is 0.0868. The van der Waals surface area contributed by atoms with Gasteiger partial charge in [-0.3, -0.25) is 0 Å². The van der Waals surface area contributed by atoms with Gasteiger partial charge in [0, 0.05) is 1.37 Å². The van der Waals surface area contributed by atoms with Crippen LogP contribution in [0.1, 0.15) is 20.6 Å². The second-order valence-corrected chi connectivity index (χ2v) is 2.16. The molecule has 42 valence electrons. The van der Waals surface area contributed by atoms with Crippen LogP contribution in [0.15, 0.2) is 0 Å². The van der Waals surface area contributed by atoms with Crippen LogP contribution in [0, 0.1) is 0 Å². The minimum absolute atomic E-state index is 0.0868. The summed E-state index contributed by atoms with van der Waals surface area (Å²) in [6.45, 7) is 1.21. The van der Waals surface area contributed by atoms with Crippen LogP contribution in [0.2, 0.25) is 0 Å². The summed E-state index contributed by atoms with van der Waals surface area (Å²) in [5, 5.41) is 0. The summed E-state index contributed by atoms with van der Waals surface area (Å²) < 4.78 is 7.40. The first-order valence-electron chi connectivity index (χ1n) is 3.51. The van der Waals surface area contributed by atoms with Crippen LogP contribution in [-0.2, 0) is 0 Å². The maximum Gasteiger partial charge on any atom is 0.0430 e. The molecule has 1 fully saturated rings. The van der Waals surface area contributed by atoms with Crippen LogP contribution in [0.3, 0.4) is 0 Å². The van der Waals surface area contributed by atoms with Crippen LogP contribution in [0.25, 0.3) is 0 Å². The zero-order chi connectivity index (χ0) is 5.98.